The molecule has 0 aromatic carbocycles. The third-order valence-electron chi connectivity index (χ3n) is 1.29. The molecule has 0 bridgehead atoms. The molecule has 0 rings (SSSR count). The Balaban J connectivity index is 3.31. The average molecular weight is 150 g/mol. The van der Waals surface area contributed by atoms with Crippen LogP contribution < -0.4 is 0 Å². The summed E-state index contributed by atoms with van der Waals surface area (Å²) in [6.07, 6.45) is -1.24. The molecule has 0 amide bonds. The van der Waals surface area contributed by atoms with E-state index in [1.54, 1.807) is 0 Å². The maximum absolute atomic E-state index is 8.93. The quantitative estimate of drug-likeness (QED) is 0.383. The topological polar surface area (TPSA) is 80.9 Å². The van der Waals surface area contributed by atoms with Gasteiger partial charge >= 0.3 is 0 Å². The van der Waals surface area contributed by atoms with Gasteiger partial charge in [0.1, 0.15) is 6.10 Å². The van der Waals surface area contributed by atoms with Crippen molar-refractivity contribution >= 4 is 0 Å². The molecule has 0 aliphatic carbocycles. The zero-order chi connectivity index (χ0) is 7.98. The monoisotopic (exact) mass is 150 g/mol. The average Bonchev–Trinajstić information content (AvgIpc) is 1.98. The van der Waals surface area contributed by atoms with Crippen molar-refractivity contribution in [2.75, 3.05) is 13.2 Å². The highest BCUT2D eigenvalue weighted by Gasteiger charge is 2.13. The Morgan fingerprint density at radius 3 is 2.00 bits per heavy atom. The maximum Gasteiger partial charge on any atom is 0.103 e. The molecule has 4 N–H and O–H groups in total. The molecule has 0 saturated heterocycles. The lowest BCUT2D eigenvalue weighted by molar-refractivity contribution is -0.0199. The zero-order valence-electron chi connectivity index (χ0n) is 5.77. The van der Waals surface area contributed by atoms with Crippen LogP contribution in [0.4, 0.5) is 0 Å². The highest BCUT2D eigenvalue weighted by Crippen LogP contribution is 2.00. The largest absolute Gasteiger partial charge is 0.396 e. The van der Waals surface area contributed by atoms with E-state index in [1.165, 1.54) is 0 Å². The second kappa shape index (κ2) is 5.61. The van der Waals surface area contributed by atoms with Crippen LogP contribution in [0, 0.1) is 0 Å². The van der Waals surface area contributed by atoms with E-state index in [4.69, 9.17) is 20.4 Å². The third-order valence-corrected chi connectivity index (χ3v) is 1.29. The number of aliphatic hydroxyl groups is 4. The minimum Gasteiger partial charge on any atom is -0.396 e. The van der Waals surface area contributed by atoms with E-state index in [0.717, 1.165) is 0 Å². The Kier molecular flexibility index (Phi) is 5.52. The molecule has 0 aliphatic heterocycles. The number of aliphatic hydroxyl groups excluding tert-OH is 4. The van der Waals surface area contributed by atoms with Crippen molar-refractivity contribution < 1.29 is 20.4 Å². The summed E-state index contributed by atoms with van der Waals surface area (Å²) in [6.45, 7) is -0.443. The molecule has 10 heavy (non-hydrogen) atoms. The minimum atomic E-state index is -1.08. The fraction of sp³-hybridized carbons (Fsp3) is 1.00. The van der Waals surface area contributed by atoms with E-state index in [2.05, 4.69) is 0 Å². The number of hydrogen-bond acceptors (Lipinski definition) is 4. The fourth-order valence-electron chi connectivity index (χ4n) is 0.614. The van der Waals surface area contributed by atoms with Crippen molar-refractivity contribution in [3.63, 3.8) is 0 Å². The van der Waals surface area contributed by atoms with Crippen LogP contribution in [0.5, 0.6) is 0 Å². The molecule has 0 radical (unpaired) electrons. The van der Waals surface area contributed by atoms with Gasteiger partial charge in [0.2, 0.25) is 0 Å². The molecule has 0 heterocycles. The molecule has 0 fully saturated rings. The van der Waals surface area contributed by atoms with Crippen LogP contribution >= 0.6 is 0 Å². The fourth-order valence-corrected chi connectivity index (χ4v) is 0.614. The summed E-state index contributed by atoms with van der Waals surface area (Å²) in [5.41, 5.74) is 0. The maximum atomic E-state index is 8.93. The van der Waals surface area contributed by atoms with Gasteiger partial charge in [-0.3, -0.25) is 0 Å². The highest BCUT2D eigenvalue weighted by molar-refractivity contribution is 4.64. The molecule has 4 heteroatoms. The molecular formula is C6H14O4. The van der Waals surface area contributed by atoms with Crippen molar-refractivity contribution in [2.24, 2.45) is 0 Å². The van der Waals surface area contributed by atoms with Crippen LogP contribution in [0.3, 0.4) is 0 Å². The number of hydrogen-bond donors (Lipinski definition) is 4. The van der Waals surface area contributed by atoms with Crippen LogP contribution in [0.1, 0.15) is 12.8 Å². The molecule has 0 aromatic heterocycles. The van der Waals surface area contributed by atoms with Gasteiger partial charge < -0.3 is 20.4 Å². The van der Waals surface area contributed by atoms with E-state index in [1.807, 2.05) is 0 Å². The lowest BCUT2D eigenvalue weighted by Crippen LogP contribution is -2.29. The third kappa shape index (κ3) is 3.79. The summed E-state index contributed by atoms with van der Waals surface area (Å²) in [5, 5.41) is 34.3. The predicted octanol–water partition coefficient (Wildman–Crippen LogP) is -1.53. The highest BCUT2D eigenvalue weighted by atomic mass is 16.4. The Morgan fingerprint density at radius 2 is 1.60 bits per heavy atom. The van der Waals surface area contributed by atoms with Crippen molar-refractivity contribution in [1.82, 2.24) is 0 Å². The molecular weight excluding hydrogens is 136 g/mol. The molecule has 0 saturated carbocycles. The zero-order valence-corrected chi connectivity index (χ0v) is 5.77. The summed E-state index contributed by atoms with van der Waals surface area (Å²) < 4.78 is 0. The summed E-state index contributed by atoms with van der Waals surface area (Å²) in [5.74, 6) is 0. The Hall–Kier alpha value is -0.160. The summed E-state index contributed by atoms with van der Waals surface area (Å²) in [4.78, 5) is 0. The van der Waals surface area contributed by atoms with Gasteiger partial charge in [-0.2, -0.15) is 0 Å². The smallest absolute Gasteiger partial charge is 0.103 e. The van der Waals surface area contributed by atoms with Gasteiger partial charge in [0.25, 0.3) is 0 Å². The first-order valence-corrected chi connectivity index (χ1v) is 3.30. The first-order chi connectivity index (χ1) is 4.72. The van der Waals surface area contributed by atoms with E-state index in [9.17, 15) is 0 Å². The van der Waals surface area contributed by atoms with Crippen LogP contribution in [0.15, 0.2) is 0 Å². The van der Waals surface area contributed by atoms with Crippen LogP contribution in [-0.4, -0.2) is 45.8 Å². The SMILES string of the molecule is OCCC[C@H](O)[C@H](O)CO. The Morgan fingerprint density at radius 1 is 1.00 bits per heavy atom. The second-order valence-electron chi connectivity index (χ2n) is 2.18. The predicted molar refractivity (Wildman–Crippen MR) is 35.4 cm³/mol. The standard InChI is InChI=1S/C6H14O4/c7-3-1-2-5(9)6(10)4-8/h5-10H,1-4H2/t5-,6+/m0/s1. The lowest BCUT2D eigenvalue weighted by atomic mass is 10.1. The van der Waals surface area contributed by atoms with E-state index >= 15 is 0 Å². The minimum absolute atomic E-state index is 0.00475. The van der Waals surface area contributed by atoms with Gasteiger partial charge in [-0.15, -0.1) is 0 Å². The summed E-state index contributed by atoms with van der Waals surface area (Å²) in [6, 6.07) is 0. The van der Waals surface area contributed by atoms with E-state index < -0.39 is 18.8 Å². The molecule has 4 nitrogen and oxygen atoms in total. The van der Waals surface area contributed by atoms with Crippen LogP contribution in [0.25, 0.3) is 0 Å². The Labute approximate surface area is 59.7 Å². The van der Waals surface area contributed by atoms with Crippen molar-refractivity contribution in [1.29, 1.82) is 0 Å². The van der Waals surface area contributed by atoms with Gasteiger partial charge in [0.15, 0.2) is 0 Å². The Bertz CT molecular complexity index is 76.1. The normalized spacial score (nSPS) is 16.8. The second-order valence-corrected chi connectivity index (χ2v) is 2.18. The van der Waals surface area contributed by atoms with Gasteiger partial charge in [-0.05, 0) is 12.8 Å². The van der Waals surface area contributed by atoms with Gasteiger partial charge in [-0.1, -0.05) is 0 Å². The first-order valence-electron chi connectivity index (χ1n) is 3.30. The van der Waals surface area contributed by atoms with E-state index in [0.29, 0.717) is 12.8 Å². The molecule has 0 spiro atoms. The van der Waals surface area contributed by atoms with Gasteiger partial charge in [0.05, 0.1) is 12.7 Å². The van der Waals surface area contributed by atoms with Crippen molar-refractivity contribution in [3.8, 4) is 0 Å². The molecule has 2 atom stereocenters. The van der Waals surface area contributed by atoms with Crippen LogP contribution in [-0.2, 0) is 0 Å². The molecule has 62 valence electrons. The van der Waals surface area contributed by atoms with Crippen molar-refractivity contribution in [2.45, 2.75) is 25.0 Å². The first kappa shape index (κ1) is 9.84. The van der Waals surface area contributed by atoms with Gasteiger partial charge in [-0.25, -0.2) is 0 Å². The molecule has 0 aliphatic rings. The lowest BCUT2D eigenvalue weighted by Gasteiger charge is -2.13. The number of rotatable bonds is 5. The summed E-state index contributed by atoms with van der Waals surface area (Å²) in [7, 11) is 0. The van der Waals surface area contributed by atoms with Gasteiger partial charge in [0, 0.05) is 6.61 Å². The van der Waals surface area contributed by atoms with Crippen molar-refractivity contribution in [3.05, 3.63) is 0 Å². The molecule has 0 unspecified atom stereocenters. The molecule has 0 aromatic rings. The summed E-state index contributed by atoms with van der Waals surface area (Å²) >= 11 is 0. The van der Waals surface area contributed by atoms with Crippen LogP contribution in [0.2, 0.25) is 0 Å². The van der Waals surface area contributed by atoms with E-state index in [-0.39, 0.29) is 6.61 Å².